The average molecular weight is 195 g/mol. The second kappa shape index (κ2) is 4.58. The van der Waals surface area contributed by atoms with Gasteiger partial charge in [0.25, 0.3) is 0 Å². The Morgan fingerprint density at radius 2 is 2.36 bits per heavy atom. The SMILES string of the molecule is CC(C#N)Oc1ccc(F)cc1CO. The maximum atomic E-state index is 12.7. The lowest BCUT2D eigenvalue weighted by atomic mass is 10.2. The Balaban J connectivity index is 2.92. The number of nitriles is 1. The van der Waals surface area contributed by atoms with Crippen LogP contribution in [0.3, 0.4) is 0 Å². The van der Waals surface area contributed by atoms with Gasteiger partial charge in [0.1, 0.15) is 17.6 Å². The van der Waals surface area contributed by atoms with Crippen molar-refractivity contribution in [3.05, 3.63) is 29.6 Å². The van der Waals surface area contributed by atoms with E-state index in [1.807, 2.05) is 6.07 Å². The summed E-state index contributed by atoms with van der Waals surface area (Å²) in [5.41, 5.74) is 0.340. The van der Waals surface area contributed by atoms with Crippen LogP contribution in [0.4, 0.5) is 4.39 Å². The Kier molecular flexibility index (Phi) is 3.43. The van der Waals surface area contributed by atoms with Crippen LogP contribution in [0.5, 0.6) is 5.75 Å². The number of halogens is 1. The second-order valence-electron chi connectivity index (χ2n) is 2.80. The number of aliphatic hydroxyl groups is 1. The van der Waals surface area contributed by atoms with E-state index in [0.29, 0.717) is 11.3 Å². The zero-order valence-corrected chi connectivity index (χ0v) is 7.70. The van der Waals surface area contributed by atoms with Gasteiger partial charge in [-0.1, -0.05) is 0 Å². The molecule has 0 aromatic heterocycles. The van der Waals surface area contributed by atoms with Gasteiger partial charge in [-0.15, -0.1) is 0 Å². The van der Waals surface area contributed by atoms with Gasteiger partial charge in [-0.2, -0.15) is 5.26 Å². The second-order valence-corrected chi connectivity index (χ2v) is 2.80. The zero-order chi connectivity index (χ0) is 10.6. The van der Waals surface area contributed by atoms with Gasteiger partial charge in [0.15, 0.2) is 6.10 Å². The molecule has 0 aliphatic rings. The van der Waals surface area contributed by atoms with E-state index in [4.69, 9.17) is 15.1 Å². The molecule has 0 spiro atoms. The van der Waals surface area contributed by atoms with Gasteiger partial charge >= 0.3 is 0 Å². The largest absolute Gasteiger partial charge is 0.476 e. The maximum absolute atomic E-state index is 12.7. The highest BCUT2D eigenvalue weighted by Crippen LogP contribution is 2.20. The van der Waals surface area contributed by atoms with E-state index in [9.17, 15) is 4.39 Å². The Bertz CT molecular complexity index is 360. The molecule has 3 nitrogen and oxygen atoms in total. The molecule has 74 valence electrons. The van der Waals surface area contributed by atoms with E-state index in [1.54, 1.807) is 6.92 Å². The van der Waals surface area contributed by atoms with E-state index < -0.39 is 11.9 Å². The molecular formula is C10H10FNO2. The topological polar surface area (TPSA) is 53.2 Å². The van der Waals surface area contributed by atoms with Crippen molar-refractivity contribution in [2.24, 2.45) is 0 Å². The quantitative estimate of drug-likeness (QED) is 0.797. The zero-order valence-electron chi connectivity index (χ0n) is 7.70. The number of aliphatic hydroxyl groups excluding tert-OH is 1. The first-order chi connectivity index (χ1) is 6.67. The smallest absolute Gasteiger partial charge is 0.181 e. The molecule has 1 aromatic rings. The third kappa shape index (κ3) is 2.44. The number of hydrogen-bond acceptors (Lipinski definition) is 3. The van der Waals surface area contributed by atoms with Crippen LogP contribution in [0, 0.1) is 17.1 Å². The Hall–Kier alpha value is -1.60. The molecule has 14 heavy (non-hydrogen) atoms. The van der Waals surface area contributed by atoms with E-state index in [1.165, 1.54) is 18.2 Å². The minimum absolute atomic E-state index is 0.314. The predicted octanol–water partition coefficient (Wildman–Crippen LogP) is 1.61. The molecule has 0 heterocycles. The first kappa shape index (κ1) is 10.5. The van der Waals surface area contributed by atoms with E-state index >= 15 is 0 Å². The summed E-state index contributed by atoms with van der Waals surface area (Å²) in [6.07, 6.45) is -0.620. The van der Waals surface area contributed by atoms with E-state index in [-0.39, 0.29) is 6.61 Å². The van der Waals surface area contributed by atoms with Crippen LogP contribution >= 0.6 is 0 Å². The number of rotatable bonds is 3. The van der Waals surface area contributed by atoms with Crippen molar-refractivity contribution < 1.29 is 14.2 Å². The Morgan fingerprint density at radius 3 is 2.93 bits per heavy atom. The molecule has 0 radical (unpaired) electrons. The minimum atomic E-state index is -0.620. The maximum Gasteiger partial charge on any atom is 0.181 e. The van der Waals surface area contributed by atoms with Gasteiger partial charge in [0, 0.05) is 5.56 Å². The van der Waals surface area contributed by atoms with Gasteiger partial charge in [0.05, 0.1) is 6.61 Å². The van der Waals surface area contributed by atoms with Crippen LogP contribution in [-0.2, 0) is 6.61 Å². The number of hydrogen-bond donors (Lipinski definition) is 1. The summed E-state index contributed by atoms with van der Waals surface area (Å²) in [7, 11) is 0. The fourth-order valence-electron chi connectivity index (χ4n) is 1.00. The van der Waals surface area contributed by atoms with Crippen molar-refractivity contribution >= 4 is 0 Å². The minimum Gasteiger partial charge on any atom is -0.476 e. The molecule has 1 rings (SSSR count). The predicted molar refractivity (Wildman–Crippen MR) is 48.0 cm³/mol. The van der Waals surface area contributed by atoms with Crippen LogP contribution in [0.2, 0.25) is 0 Å². The van der Waals surface area contributed by atoms with Crippen molar-refractivity contribution in [1.82, 2.24) is 0 Å². The monoisotopic (exact) mass is 195 g/mol. The summed E-state index contributed by atoms with van der Waals surface area (Å²) in [4.78, 5) is 0. The van der Waals surface area contributed by atoms with Crippen LogP contribution in [0.25, 0.3) is 0 Å². The van der Waals surface area contributed by atoms with Crippen molar-refractivity contribution in [3.63, 3.8) is 0 Å². The molecule has 0 aliphatic heterocycles. The lowest BCUT2D eigenvalue weighted by molar-refractivity contribution is 0.246. The molecule has 1 atom stereocenters. The molecule has 0 bridgehead atoms. The number of ether oxygens (including phenoxy) is 1. The van der Waals surface area contributed by atoms with Crippen LogP contribution in [0.15, 0.2) is 18.2 Å². The van der Waals surface area contributed by atoms with Crippen molar-refractivity contribution in [3.8, 4) is 11.8 Å². The summed E-state index contributed by atoms with van der Waals surface area (Å²) >= 11 is 0. The molecule has 1 N–H and O–H groups in total. The third-order valence-corrected chi connectivity index (χ3v) is 1.68. The van der Waals surface area contributed by atoms with Crippen molar-refractivity contribution in [1.29, 1.82) is 5.26 Å². The van der Waals surface area contributed by atoms with Crippen LogP contribution in [-0.4, -0.2) is 11.2 Å². The highest BCUT2D eigenvalue weighted by atomic mass is 19.1. The Labute approximate surface area is 81.4 Å². The van der Waals surface area contributed by atoms with E-state index in [2.05, 4.69) is 0 Å². The average Bonchev–Trinajstić information content (AvgIpc) is 2.20. The lowest BCUT2D eigenvalue weighted by Gasteiger charge is -2.11. The standard InChI is InChI=1S/C10H10FNO2/c1-7(5-12)14-10-3-2-9(11)4-8(10)6-13/h2-4,7,13H,6H2,1H3. The summed E-state index contributed by atoms with van der Waals surface area (Å²) in [5.74, 6) is -0.103. The molecule has 0 fully saturated rings. The number of benzene rings is 1. The molecule has 0 saturated carbocycles. The van der Waals surface area contributed by atoms with E-state index in [0.717, 1.165) is 0 Å². The molecule has 0 aliphatic carbocycles. The summed E-state index contributed by atoms with van der Waals surface area (Å²) in [6.45, 7) is 1.26. The molecule has 1 aromatic carbocycles. The summed E-state index contributed by atoms with van der Waals surface area (Å²) in [5, 5.41) is 17.4. The molecule has 1 unspecified atom stereocenters. The normalized spacial score (nSPS) is 11.9. The van der Waals surface area contributed by atoms with Crippen molar-refractivity contribution in [2.45, 2.75) is 19.6 Å². The third-order valence-electron chi connectivity index (χ3n) is 1.68. The van der Waals surface area contributed by atoms with Crippen LogP contribution in [0.1, 0.15) is 12.5 Å². The molecule has 4 heteroatoms. The van der Waals surface area contributed by atoms with Crippen LogP contribution < -0.4 is 4.74 Å². The van der Waals surface area contributed by atoms with Gasteiger partial charge in [-0.05, 0) is 25.1 Å². The van der Waals surface area contributed by atoms with Gasteiger partial charge in [-0.3, -0.25) is 0 Å². The highest BCUT2D eigenvalue weighted by molar-refractivity contribution is 5.33. The highest BCUT2D eigenvalue weighted by Gasteiger charge is 2.07. The number of nitrogens with zero attached hydrogens (tertiary/aromatic N) is 1. The Morgan fingerprint density at radius 1 is 1.64 bits per heavy atom. The van der Waals surface area contributed by atoms with Gasteiger partial charge in [0.2, 0.25) is 0 Å². The fourth-order valence-corrected chi connectivity index (χ4v) is 1.00. The fraction of sp³-hybridized carbons (Fsp3) is 0.300. The van der Waals surface area contributed by atoms with Gasteiger partial charge < -0.3 is 9.84 Å². The van der Waals surface area contributed by atoms with Gasteiger partial charge in [-0.25, -0.2) is 4.39 Å². The van der Waals surface area contributed by atoms with Crippen molar-refractivity contribution in [2.75, 3.05) is 0 Å². The molecular weight excluding hydrogens is 185 g/mol. The molecule has 0 saturated heterocycles. The lowest BCUT2D eigenvalue weighted by Crippen LogP contribution is -2.09. The first-order valence-electron chi connectivity index (χ1n) is 4.13. The molecule has 0 amide bonds. The first-order valence-corrected chi connectivity index (χ1v) is 4.13. The summed E-state index contributed by atoms with van der Waals surface area (Å²) < 4.78 is 17.9. The summed E-state index contributed by atoms with van der Waals surface area (Å²) in [6, 6.07) is 5.68.